The van der Waals surface area contributed by atoms with Crippen LogP contribution in [0.4, 0.5) is 0 Å². The van der Waals surface area contributed by atoms with E-state index in [0.29, 0.717) is 19.3 Å². The lowest BCUT2D eigenvalue weighted by Gasteiger charge is -2.42. The van der Waals surface area contributed by atoms with Crippen LogP contribution in [0.2, 0.25) is 0 Å². The van der Waals surface area contributed by atoms with Gasteiger partial charge in [0.2, 0.25) is 0 Å². The van der Waals surface area contributed by atoms with Gasteiger partial charge in [0, 0.05) is 12.8 Å². The maximum absolute atomic E-state index is 10.1. The van der Waals surface area contributed by atoms with Crippen LogP contribution in [0.25, 0.3) is 0 Å². The van der Waals surface area contributed by atoms with Gasteiger partial charge in [0.25, 0.3) is 0 Å². The van der Waals surface area contributed by atoms with Gasteiger partial charge in [-0.1, -0.05) is 49.7 Å². The molecule has 0 aliphatic heterocycles. The zero-order valence-corrected chi connectivity index (χ0v) is 20.9. The highest BCUT2D eigenvalue weighted by molar-refractivity contribution is 6.32. The Labute approximate surface area is 208 Å². The molecule has 0 saturated carbocycles. The second kappa shape index (κ2) is 12.6. The van der Waals surface area contributed by atoms with Crippen LogP contribution >= 0.6 is 0 Å². The van der Waals surface area contributed by atoms with E-state index in [1.165, 1.54) is 0 Å². The number of rotatable bonds is 13. The van der Waals surface area contributed by atoms with Gasteiger partial charge in [-0.3, -0.25) is 0 Å². The minimum absolute atomic E-state index is 0.0121. The molecule has 0 saturated heterocycles. The van der Waals surface area contributed by atoms with Gasteiger partial charge in [-0.2, -0.15) is 0 Å². The summed E-state index contributed by atoms with van der Waals surface area (Å²) < 4.78 is 22.0. The van der Waals surface area contributed by atoms with Crippen molar-refractivity contribution >= 4 is 7.32 Å². The highest BCUT2D eigenvalue weighted by Gasteiger charge is 2.42. The fraction of sp³-hybridized carbons (Fsp3) is 0.357. The Kier molecular flexibility index (Phi) is 9.60. The number of hydrogen-bond donors (Lipinski definition) is 2. The first-order valence-electron chi connectivity index (χ1n) is 11.8. The van der Waals surface area contributed by atoms with Crippen molar-refractivity contribution in [3.05, 3.63) is 89.5 Å². The van der Waals surface area contributed by atoms with E-state index in [9.17, 15) is 10.0 Å². The van der Waals surface area contributed by atoms with E-state index in [0.717, 1.165) is 40.4 Å². The first-order valence-corrected chi connectivity index (χ1v) is 11.8. The van der Waals surface area contributed by atoms with Crippen LogP contribution in [0.1, 0.15) is 30.0 Å². The SMILES string of the molecule is CCC(Cc1ccc(OC)cc1)C(Cc1ccc(OC)cc1)(Cc1ccc(OC)cc1)OB(O)O. The molecule has 1 atom stereocenters. The monoisotopic (exact) mass is 478 g/mol. The number of hydrogen-bond acceptors (Lipinski definition) is 6. The van der Waals surface area contributed by atoms with E-state index in [4.69, 9.17) is 18.9 Å². The summed E-state index contributed by atoms with van der Waals surface area (Å²) in [4.78, 5) is 0. The summed E-state index contributed by atoms with van der Waals surface area (Å²) in [5.74, 6) is 2.32. The maximum Gasteiger partial charge on any atom is 0.634 e. The van der Waals surface area contributed by atoms with E-state index >= 15 is 0 Å². The highest BCUT2D eigenvalue weighted by atomic mass is 16.6. The molecular weight excluding hydrogens is 443 g/mol. The summed E-state index contributed by atoms with van der Waals surface area (Å²) in [6, 6.07) is 23.6. The smallest absolute Gasteiger partial charge is 0.497 e. The van der Waals surface area contributed by atoms with Crippen molar-refractivity contribution in [2.24, 2.45) is 5.92 Å². The van der Waals surface area contributed by atoms with Crippen molar-refractivity contribution in [2.45, 2.75) is 38.2 Å². The second-order valence-electron chi connectivity index (χ2n) is 8.72. The molecule has 0 aliphatic carbocycles. The maximum atomic E-state index is 10.1. The molecule has 3 aromatic rings. The molecule has 35 heavy (non-hydrogen) atoms. The molecule has 0 bridgehead atoms. The molecule has 0 aliphatic rings. The van der Waals surface area contributed by atoms with E-state index < -0.39 is 12.9 Å². The zero-order chi connectivity index (χ0) is 25.3. The summed E-state index contributed by atoms with van der Waals surface area (Å²) in [6.07, 6.45) is 2.48. The van der Waals surface area contributed by atoms with Crippen molar-refractivity contribution < 1.29 is 28.9 Å². The Balaban J connectivity index is 2.02. The quantitative estimate of drug-likeness (QED) is 0.353. The lowest BCUT2D eigenvalue weighted by molar-refractivity contribution is -0.0312. The Morgan fingerprint density at radius 1 is 0.657 bits per heavy atom. The first kappa shape index (κ1) is 26.6. The molecule has 186 valence electrons. The van der Waals surface area contributed by atoms with Crippen LogP contribution in [-0.2, 0) is 23.9 Å². The number of methoxy groups -OCH3 is 3. The first-order chi connectivity index (χ1) is 16.9. The predicted octanol–water partition coefficient (Wildman–Crippen LogP) is 4.49. The second-order valence-corrected chi connectivity index (χ2v) is 8.72. The molecule has 0 amide bonds. The van der Waals surface area contributed by atoms with Gasteiger partial charge >= 0.3 is 7.32 Å². The van der Waals surface area contributed by atoms with Crippen LogP contribution in [0.15, 0.2) is 72.8 Å². The fourth-order valence-corrected chi connectivity index (χ4v) is 4.67. The van der Waals surface area contributed by atoms with Gasteiger partial charge in [-0.25, -0.2) is 0 Å². The van der Waals surface area contributed by atoms with E-state index in [1.54, 1.807) is 21.3 Å². The normalized spacial score (nSPS) is 12.2. The van der Waals surface area contributed by atoms with E-state index in [-0.39, 0.29) is 5.92 Å². The Bertz CT molecular complexity index is 969. The highest BCUT2D eigenvalue weighted by Crippen LogP contribution is 2.37. The third-order valence-corrected chi connectivity index (χ3v) is 6.54. The average Bonchev–Trinajstić information content (AvgIpc) is 2.88. The van der Waals surface area contributed by atoms with Gasteiger partial charge in [0.1, 0.15) is 17.2 Å². The molecule has 0 radical (unpaired) electrons. The molecule has 2 N–H and O–H groups in total. The Morgan fingerprint density at radius 3 is 1.34 bits per heavy atom. The molecule has 3 aromatic carbocycles. The molecule has 1 unspecified atom stereocenters. The van der Waals surface area contributed by atoms with Crippen LogP contribution < -0.4 is 14.2 Å². The summed E-state index contributed by atoms with van der Waals surface area (Å²) >= 11 is 0. The van der Waals surface area contributed by atoms with Crippen LogP contribution in [0.5, 0.6) is 17.2 Å². The van der Waals surface area contributed by atoms with Crippen molar-refractivity contribution in [2.75, 3.05) is 21.3 Å². The Hall–Kier alpha value is -3.00. The van der Waals surface area contributed by atoms with E-state index in [2.05, 4.69) is 6.92 Å². The van der Waals surface area contributed by atoms with E-state index in [1.807, 2.05) is 72.8 Å². The zero-order valence-electron chi connectivity index (χ0n) is 20.9. The molecular formula is C28H35BO6. The molecule has 0 aromatic heterocycles. The molecule has 0 heterocycles. The number of benzene rings is 3. The van der Waals surface area contributed by atoms with Crippen molar-refractivity contribution in [3.8, 4) is 17.2 Å². The van der Waals surface area contributed by atoms with Crippen molar-refractivity contribution in [1.82, 2.24) is 0 Å². The van der Waals surface area contributed by atoms with Gasteiger partial charge in [-0.05, 0) is 65.4 Å². The largest absolute Gasteiger partial charge is 0.634 e. The summed E-state index contributed by atoms with van der Waals surface area (Å²) in [7, 11) is 3.01. The number of ether oxygens (including phenoxy) is 3. The average molecular weight is 478 g/mol. The molecule has 3 rings (SSSR count). The van der Waals surface area contributed by atoms with Gasteiger partial charge in [-0.15, -0.1) is 0 Å². The minimum Gasteiger partial charge on any atom is -0.497 e. The third-order valence-electron chi connectivity index (χ3n) is 6.54. The minimum atomic E-state index is -1.91. The third kappa shape index (κ3) is 7.24. The molecule has 0 fully saturated rings. The lowest BCUT2D eigenvalue weighted by Crippen LogP contribution is -2.50. The standard InChI is InChI=1S/C28H35BO6/c1-5-24(18-21-6-12-25(32-2)13-7-21)28(35-29(30)31,19-22-8-14-26(33-3)15-9-22)20-23-10-16-27(34-4)17-11-23/h6-17,24,30-31H,5,18-20H2,1-4H3. The van der Waals surface area contributed by atoms with Crippen molar-refractivity contribution in [1.29, 1.82) is 0 Å². The van der Waals surface area contributed by atoms with Gasteiger partial charge in [0.15, 0.2) is 0 Å². The molecule has 6 nitrogen and oxygen atoms in total. The topological polar surface area (TPSA) is 77.4 Å². The predicted molar refractivity (Wildman–Crippen MR) is 138 cm³/mol. The van der Waals surface area contributed by atoms with Crippen LogP contribution in [-0.4, -0.2) is 44.3 Å². The van der Waals surface area contributed by atoms with Crippen molar-refractivity contribution in [3.63, 3.8) is 0 Å². The fourth-order valence-electron chi connectivity index (χ4n) is 4.67. The summed E-state index contributed by atoms with van der Waals surface area (Å²) in [5, 5.41) is 20.1. The van der Waals surface area contributed by atoms with Crippen LogP contribution in [0.3, 0.4) is 0 Å². The van der Waals surface area contributed by atoms with Gasteiger partial charge < -0.3 is 28.9 Å². The molecule has 7 heteroatoms. The summed E-state index contributed by atoms with van der Waals surface area (Å²) in [6.45, 7) is 2.11. The Morgan fingerprint density at radius 2 is 1.03 bits per heavy atom. The lowest BCUT2D eigenvalue weighted by atomic mass is 9.73. The van der Waals surface area contributed by atoms with Gasteiger partial charge in [0.05, 0.1) is 26.9 Å². The molecule has 0 spiro atoms. The van der Waals surface area contributed by atoms with Crippen LogP contribution in [0, 0.1) is 5.92 Å². The summed E-state index contributed by atoms with van der Waals surface area (Å²) in [5.41, 5.74) is 2.29.